The predicted octanol–water partition coefficient (Wildman–Crippen LogP) is 1.84. The molecule has 18 heavy (non-hydrogen) atoms. The molecule has 0 radical (unpaired) electrons. The molecule has 0 saturated carbocycles. The molecule has 1 amide bonds. The van der Waals surface area contributed by atoms with Crippen LogP contribution in [0.1, 0.15) is 6.92 Å². The minimum Gasteiger partial charge on any atom is -0.480 e. The Hall–Kier alpha value is -1.61. The van der Waals surface area contributed by atoms with Crippen molar-refractivity contribution in [3.8, 4) is 0 Å². The first kappa shape index (κ1) is 14.5. The van der Waals surface area contributed by atoms with Crippen LogP contribution in [0.2, 0.25) is 0 Å². The van der Waals surface area contributed by atoms with Crippen molar-refractivity contribution in [1.29, 1.82) is 0 Å². The minimum atomic E-state index is -0.935. The van der Waals surface area contributed by atoms with Crippen LogP contribution in [0.4, 0.5) is 9.93 Å². The number of hydrogen-bond acceptors (Lipinski definition) is 7. The van der Waals surface area contributed by atoms with Gasteiger partial charge in [0.15, 0.2) is 4.34 Å². The molecule has 1 unspecified atom stereocenters. The molecule has 0 aliphatic heterocycles. The summed E-state index contributed by atoms with van der Waals surface area (Å²) < 4.78 is 5.16. The van der Waals surface area contributed by atoms with E-state index in [1.165, 1.54) is 6.08 Å². The van der Waals surface area contributed by atoms with Crippen LogP contribution in [0.5, 0.6) is 0 Å². The molecule has 1 aromatic heterocycles. The Morgan fingerprint density at radius 3 is 3.00 bits per heavy atom. The van der Waals surface area contributed by atoms with Crippen molar-refractivity contribution in [2.45, 2.75) is 16.5 Å². The number of carboxylic acids is 1. The van der Waals surface area contributed by atoms with E-state index in [0.717, 1.165) is 23.1 Å². The molecule has 0 fully saturated rings. The van der Waals surface area contributed by atoms with Gasteiger partial charge in [0.05, 0.1) is 0 Å². The maximum atomic E-state index is 11.2. The predicted molar refractivity (Wildman–Crippen MR) is 68.0 cm³/mol. The molecule has 7 nitrogen and oxygen atoms in total. The van der Waals surface area contributed by atoms with Gasteiger partial charge >= 0.3 is 12.1 Å². The molecule has 1 rings (SSSR count). The monoisotopic (exact) mass is 289 g/mol. The smallest absolute Gasteiger partial charge is 0.413 e. The Bertz CT molecular complexity index is 449. The van der Waals surface area contributed by atoms with Gasteiger partial charge in [0.1, 0.15) is 11.9 Å². The van der Waals surface area contributed by atoms with Gasteiger partial charge in [-0.1, -0.05) is 35.8 Å². The first-order valence-corrected chi connectivity index (χ1v) is 6.50. The Morgan fingerprint density at radius 2 is 2.39 bits per heavy atom. The molecule has 0 bridgehead atoms. The Morgan fingerprint density at radius 1 is 1.67 bits per heavy atom. The zero-order chi connectivity index (χ0) is 13.5. The second-order valence-electron chi connectivity index (χ2n) is 2.98. The highest BCUT2D eigenvalue weighted by Crippen LogP contribution is 2.28. The normalized spacial score (nSPS) is 11.6. The number of carbonyl (C=O) groups is 2. The maximum absolute atomic E-state index is 11.2. The van der Waals surface area contributed by atoms with Crippen molar-refractivity contribution in [2.75, 3.05) is 11.9 Å². The molecular weight excluding hydrogens is 278 g/mol. The largest absolute Gasteiger partial charge is 0.480 e. The van der Waals surface area contributed by atoms with Crippen molar-refractivity contribution >= 4 is 40.3 Å². The lowest BCUT2D eigenvalue weighted by Crippen LogP contribution is -2.13. The SMILES string of the molecule is C=CCOC(=O)Nc1nnc(SC(C)C(=O)O)s1. The molecular formula is C9H11N3O4S2. The quantitative estimate of drug-likeness (QED) is 0.468. The van der Waals surface area contributed by atoms with Crippen LogP contribution >= 0.6 is 23.1 Å². The van der Waals surface area contributed by atoms with Crippen molar-refractivity contribution in [1.82, 2.24) is 10.2 Å². The zero-order valence-corrected chi connectivity index (χ0v) is 11.1. The van der Waals surface area contributed by atoms with E-state index in [9.17, 15) is 9.59 Å². The first-order chi connectivity index (χ1) is 8.52. The summed E-state index contributed by atoms with van der Waals surface area (Å²) in [6.45, 7) is 5.04. The highest BCUT2D eigenvalue weighted by Gasteiger charge is 2.16. The van der Waals surface area contributed by atoms with Gasteiger partial charge in [-0.05, 0) is 6.92 Å². The number of aromatic nitrogens is 2. The number of carboxylic acid groups (broad SMARTS) is 1. The number of ether oxygens (including phenoxy) is 1. The Balaban J connectivity index is 2.50. The summed E-state index contributed by atoms with van der Waals surface area (Å²) in [7, 11) is 0. The number of thioether (sulfide) groups is 1. The van der Waals surface area contributed by atoms with Gasteiger partial charge in [0, 0.05) is 0 Å². The molecule has 98 valence electrons. The van der Waals surface area contributed by atoms with Crippen molar-refractivity contribution in [3.05, 3.63) is 12.7 Å². The van der Waals surface area contributed by atoms with E-state index in [1.807, 2.05) is 0 Å². The fourth-order valence-electron chi connectivity index (χ4n) is 0.768. The van der Waals surface area contributed by atoms with Crippen LogP contribution in [-0.2, 0) is 9.53 Å². The van der Waals surface area contributed by atoms with Gasteiger partial charge in [-0.25, -0.2) is 4.79 Å². The molecule has 0 saturated heterocycles. The summed E-state index contributed by atoms with van der Waals surface area (Å²) in [5, 5.41) is 18.2. The number of carbonyl (C=O) groups excluding carboxylic acids is 1. The lowest BCUT2D eigenvalue weighted by Gasteiger charge is -2.01. The molecule has 1 heterocycles. The van der Waals surface area contributed by atoms with Crippen LogP contribution < -0.4 is 5.32 Å². The van der Waals surface area contributed by atoms with E-state index in [4.69, 9.17) is 9.84 Å². The summed E-state index contributed by atoms with van der Waals surface area (Å²) in [5.41, 5.74) is 0. The highest BCUT2D eigenvalue weighted by atomic mass is 32.2. The third-order valence-electron chi connectivity index (χ3n) is 1.57. The molecule has 0 aromatic carbocycles. The number of nitrogens with one attached hydrogen (secondary N) is 1. The van der Waals surface area contributed by atoms with Crippen molar-refractivity contribution in [3.63, 3.8) is 0 Å². The van der Waals surface area contributed by atoms with Crippen molar-refractivity contribution < 1.29 is 19.4 Å². The van der Waals surface area contributed by atoms with Gasteiger partial charge in [0.25, 0.3) is 0 Å². The number of aliphatic carboxylic acids is 1. The summed E-state index contributed by atoms with van der Waals surface area (Å²) in [4.78, 5) is 21.8. The van der Waals surface area contributed by atoms with Crippen LogP contribution in [0.3, 0.4) is 0 Å². The van der Waals surface area contributed by atoms with Crippen LogP contribution in [0.25, 0.3) is 0 Å². The molecule has 0 aliphatic carbocycles. The highest BCUT2D eigenvalue weighted by molar-refractivity contribution is 8.02. The first-order valence-electron chi connectivity index (χ1n) is 4.80. The number of rotatable bonds is 6. The standard InChI is InChI=1S/C9H11N3O4S2/c1-3-4-16-8(15)10-7-11-12-9(18-7)17-5(2)6(13)14/h3,5H,1,4H2,2H3,(H,13,14)(H,10,11,15). The van der Waals surface area contributed by atoms with Crippen LogP contribution in [-0.4, -0.2) is 39.2 Å². The fraction of sp³-hybridized carbons (Fsp3) is 0.333. The minimum absolute atomic E-state index is 0.0995. The second kappa shape index (κ2) is 6.97. The van der Waals surface area contributed by atoms with E-state index >= 15 is 0 Å². The van der Waals surface area contributed by atoms with E-state index in [-0.39, 0.29) is 11.7 Å². The van der Waals surface area contributed by atoms with Gasteiger partial charge in [-0.2, -0.15) is 0 Å². The maximum Gasteiger partial charge on any atom is 0.413 e. The molecule has 0 spiro atoms. The summed E-state index contributed by atoms with van der Waals surface area (Å²) in [6.07, 6.45) is 0.782. The molecule has 2 N–H and O–H groups in total. The van der Waals surface area contributed by atoms with Crippen LogP contribution in [0, 0.1) is 0 Å². The van der Waals surface area contributed by atoms with Crippen molar-refractivity contribution in [2.24, 2.45) is 0 Å². The molecule has 9 heteroatoms. The zero-order valence-electron chi connectivity index (χ0n) is 9.45. The van der Waals surface area contributed by atoms with Gasteiger partial charge in [-0.15, -0.1) is 10.2 Å². The molecule has 0 aliphatic rings. The molecule has 1 aromatic rings. The Labute approximate surface area is 111 Å². The average Bonchev–Trinajstić information content (AvgIpc) is 2.73. The van der Waals surface area contributed by atoms with Crippen LogP contribution in [0.15, 0.2) is 17.0 Å². The van der Waals surface area contributed by atoms with E-state index in [0.29, 0.717) is 4.34 Å². The Kier molecular flexibility index (Phi) is 5.59. The topological polar surface area (TPSA) is 101 Å². The summed E-state index contributed by atoms with van der Waals surface area (Å²) >= 11 is 2.13. The fourth-order valence-corrected chi connectivity index (χ4v) is 2.58. The summed E-state index contributed by atoms with van der Waals surface area (Å²) in [5.74, 6) is -0.935. The third-order valence-corrected chi connectivity index (χ3v) is 3.58. The third kappa shape index (κ3) is 4.72. The number of hydrogen-bond donors (Lipinski definition) is 2. The lowest BCUT2D eigenvalue weighted by atomic mass is 10.5. The summed E-state index contributed by atoms with van der Waals surface area (Å²) in [6, 6.07) is 0. The average molecular weight is 289 g/mol. The van der Waals surface area contributed by atoms with E-state index in [2.05, 4.69) is 22.1 Å². The van der Waals surface area contributed by atoms with E-state index < -0.39 is 17.3 Å². The van der Waals surface area contributed by atoms with Gasteiger partial charge in [-0.3, -0.25) is 10.1 Å². The number of amides is 1. The van der Waals surface area contributed by atoms with Gasteiger partial charge in [0.2, 0.25) is 5.13 Å². The molecule has 1 atom stereocenters. The lowest BCUT2D eigenvalue weighted by molar-refractivity contribution is -0.136. The van der Waals surface area contributed by atoms with E-state index in [1.54, 1.807) is 6.92 Å². The number of nitrogens with zero attached hydrogens (tertiary/aromatic N) is 2. The number of anilines is 1. The second-order valence-corrected chi connectivity index (χ2v) is 5.55. The van der Waals surface area contributed by atoms with Gasteiger partial charge < -0.3 is 9.84 Å².